The van der Waals surface area contributed by atoms with Crippen molar-refractivity contribution in [2.24, 2.45) is 5.92 Å². The monoisotopic (exact) mass is 328 g/mol. The van der Waals surface area contributed by atoms with Crippen LogP contribution in [0.1, 0.15) is 26.1 Å². The van der Waals surface area contributed by atoms with Gasteiger partial charge in [-0.05, 0) is 18.1 Å². The molecular weight excluding hydrogens is 308 g/mol. The summed E-state index contributed by atoms with van der Waals surface area (Å²) < 4.78 is 26.0. The van der Waals surface area contributed by atoms with Crippen LogP contribution in [0.5, 0.6) is 0 Å². The molecule has 0 radical (unpaired) electrons. The minimum Gasteiger partial charge on any atom is -0.328 e. The van der Waals surface area contributed by atoms with Crippen LogP contribution in [0, 0.1) is 5.92 Å². The van der Waals surface area contributed by atoms with Gasteiger partial charge in [0.05, 0.1) is 10.4 Å². The number of benzene rings is 1. The van der Waals surface area contributed by atoms with E-state index in [1.165, 1.54) is 6.26 Å². The van der Waals surface area contributed by atoms with E-state index in [9.17, 15) is 8.42 Å². The van der Waals surface area contributed by atoms with Gasteiger partial charge in [-0.1, -0.05) is 26.3 Å². The maximum absolute atomic E-state index is 11.9. The first-order chi connectivity index (χ1) is 9.88. The van der Waals surface area contributed by atoms with Crippen LogP contribution in [0.15, 0.2) is 23.1 Å². The minimum absolute atomic E-state index is 0.290. The summed E-state index contributed by atoms with van der Waals surface area (Å²) in [5, 5.41) is 0. The largest absolute Gasteiger partial charge is 0.328 e. The lowest BCUT2D eigenvalue weighted by atomic mass is 10.1. The molecule has 0 aliphatic heterocycles. The summed E-state index contributed by atoms with van der Waals surface area (Å²) in [6, 6.07) is 5.32. The standard InChI is InChI=1S/C15H21ClN2O2S/c1-4-11(2)10-18-12-6-5-7-13(21(3,19)20)15(12)17-14(18)8-9-16/h5-7,11H,4,8-10H2,1-3H3. The average molecular weight is 329 g/mol. The van der Waals surface area contributed by atoms with E-state index in [1.807, 2.05) is 6.07 Å². The van der Waals surface area contributed by atoms with Crippen molar-refractivity contribution >= 4 is 32.5 Å². The Morgan fingerprint density at radius 3 is 2.67 bits per heavy atom. The van der Waals surface area contributed by atoms with Crippen molar-refractivity contribution < 1.29 is 8.42 Å². The highest BCUT2D eigenvalue weighted by Crippen LogP contribution is 2.25. The first kappa shape index (κ1) is 16.3. The van der Waals surface area contributed by atoms with Gasteiger partial charge in [-0.15, -0.1) is 11.6 Å². The fraction of sp³-hybridized carbons (Fsp3) is 0.533. The molecule has 1 aromatic carbocycles. The molecule has 6 heteroatoms. The van der Waals surface area contributed by atoms with E-state index in [4.69, 9.17) is 11.6 Å². The van der Waals surface area contributed by atoms with Gasteiger partial charge in [0, 0.05) is 25.1 Å². The van der Waals surface area contributed by atoms with Crippen LogP contribution in [-0.2, 0) is 22.8 Å². The van der Waals surface area contributed by atoms with Crippen LogP contribution in [0.4, 0.5) is 0 Å². The molecule has 0 amide bonds. The van der Waals surface area contributed by atoms with Crippen LogP contribution >= 0.6 is 11.6 Å². The zero-order valence-corrected chi connectivity index (χ0v) is 14.2. The molecule has 1 unspecified atom stereocenters. The number of aromatic nitrogens is 2. The smallest absolute Gasteiger partial charge is 0.177 e. The number of para-hydroxylation sites is 1. The third kappa shape index (κ3) is 3.40. The number of hydrogen-bond donors (Lipinski definition) is 0. The number of alkyl halides is 1. The predicted octanol–water partition coefficient (Wildman–Crippen LogP) is 3.27. The molecule has 0 saturated carbocycles. The van der Waals surface area contributed by atoms with Crippen LogP contribution < -0.4 is 0 Å². The van der Waals surface area contributed by atoms with Crippen LogP contribution in [0.2, 0.25) is 0 Å². The lowest BCUT2D eigenvalue weighted by Crippen LogP contribution is -2.10. The topological polar surface area (TPSA) is 52.0 Å². The summed E-state index contributed by atoms with van der Waals surface area (Å²) in [6.45, 7) is 5.15. The van der Waals surface area contributed by atoms with Crippen molar-refractivity contribution in [1.29, 1.82) is 0 Å². The van der Waals surface area contributed by atoms with Crippen molar-refractivity contribution in [3.05, 3.63) is 24.0 Å². The molecular formula is C15H21ClN2O2S. The van der Waals surface area contributed by atoms with E-state index in [0.717, 1.165) is 24.3 Å². The first-order valence-corrected chi connectivity index (χ1v) is 9.55. The molecule has 0 spiro atoms. The Balaban J connectivity index is 2.68. The second-order valence-corrected chi connectivity index (χ2v) is 7.85. The molecule has 1 heterocycles. The van der Waals surface area contributed by atoms with Crippen molar-refractivity contribution in [3.8, 4) is 0 Å². The summed E-state index contributed by atoms with van der Waals surface area (Å²) in [5.74, 6) is 1.83. The zero-order chi connectivity index (χ0) is 15.6. The number of sulfone groups is 1. The molecule has 1 aromatic heterocycles. The third-order valence-corrected chi connectivity index (χ3v) is 5.05. The highest BCUT2D eigenvalue weighted by molar-refractivity contribution is 7.91. The zero-order valence-electron chi connectivity index (χ0n) is 12.6. The van der Waals surface area contributed by atoms with Crippen molar-refractivity contribution in [2.45, 2.75) is 38.1 Å². The maximum Gasteiger partial charge on any atom is 0.177 e. The molecule has 2 rings (SSSR count). The molecule has 0 bridgehead atoms. The number of imidazole rings is 1. The van der Waals surface area contributed by atoms with Gasteiger partial charge in [-0.3, -0.25) is 0 Å². The highest BCUT2D eigenvalue weighted by atomic mass is 35.5. The van der Waals surface area contributed by atoms with E-state index in [2.05, 4.69) is 23.4 Å². The quantitative estimate of drug-likeness (QED) is 0.765. The van der Waals surface area contributed by atoms with E-state index in [1.54, 1.807) is 12.1 Å². The summed E-state index contributed by atoms with van der Waals surface area (Å²) in [7, 11) is -3.29. The predicted molar refractivity (Wildman–Crippen MR) is 86.7 cm³/mol. The van der Waals surface area contributed by atoms with E-state index in [0.29, 0.717) is 28.6 Å². The second kappa shape index (κ2) is 6.36. The summed E-state index contributed by atoms with van der Waals surface area (Å²) in [6.07, 6.45) is 2.91. The number of hydrogen-bond acceptors (Lipinski definition) is 3. The van der Waals surface area contributed by atoms with Gasteiger partial charge in [0.1, 0.15) is 11.3 Å². The summed E-state index contributed by atoms with van der Waals surface area (Å²) in [4.78, 5) is 4.85. The molecule has 0 aliphatic rings. The summed E-state index contributed by atoms with van der Waals surface area (Å²) in [5.41, 5.74) is 1.43. The van der Waals surface area contributed by atoms with E-state index in [-0.39, 0.29) is 0 Å². The number of rotatable bonds is 6. The van der Waals surface area contributed by atoms with Crippen LogP contribution in [-0.4, -0.2) is 30.1 Å². The molecule has 1 atom stereocenters. The lowest BCUT2D eigenvalue weighted by molar-refractivity contribution is 0.466. The van der Waals surface area contributed by atoms with Crippen LogP contribution in [0.3, 0.4) is 0 Å². The van der Waals surface area contributed by atoms with Gasteiger partial charge < -0.3 is 4.57 Å². The molecule has 21 heavy (non-hydrogen) atoms. The van der Waals surface area contributed by atoms with Gasteiger partial charge >= 0.3 is 0 Å². The minimum atomic E-state index is -3.29. The van der Waals surface area contributed by atoms with Gasteiger partial charge in [-0.25, -0.2) is 13.4 Å². The number of nitrogens with zero attached hydrogens (tertiary/aromatic N) is 2. The SMILES string of the molecule is CCC(C)Cn1c(CCCl)nc2c(S(C)(=O)=O)cccc21. The van der Waals surface area contributed by atoms with E-state index >= 15 is 0 Å². The van der Waals surface area contributed by atoms with E-state index < -0.39 is 9.84 Å². The van der Waals surface area contributed by atoms with Gasteiger partial charge in [0.15, 0.2) is 9.84 Å². The van der Waals surface area contributed by atoms with Gasteiger partial charge in [0.2, 0.25) is 0 Å². The molecule has 116 valence electrons. The molecule has 2 aromatic rings. The Hall–Kier alpha value is -1.07. The molecule has 0 fully saturated rings. The number of halogens is 1. The Morgan fingerprint density at radius 2 is 2.10 bits per heavy atom. The fourth-order valence-corrected chi connectivity index (χ4v) is 3.38. The third-order valence-electron chi connectivity index (χ3n) is 3.73. The average Bonchev–Trinajstić information content (AvgIpc) is 2.76. The first-order valence-electron chi connectivity index (χ1n) is 7.12. The normalized spacial score (nSPS) is 13.7. The van der Waals surface area contributed by atoms with Gasteiger partial charge in [-0.2, -0.15) is 0 Å². The van der Waals surface area contributed by atoms with Gasteiger partial charge in [0.25, 0.3) is 0 Å². The molecule has 4 nitrogen and oxygen atoms in total. The fourth-order valence-electron chi connectivity index (χ4n) is 2.39. The highest BCUT2D eigenvalue weighted by Gasteiger charge is 2.19. The second-order valence-electron chi connectivity index (χ2n) is 5.49. The number of fused-ring (bicyclic) bond motifs is 1. The lowest BCUT2D eigenvalue weighted by Gasteiger charge is -2.13. The Morgan fingerprint density at radius 1 is 1.38 bits per heavy atom. The molecule has 0 saturated heterocycles. The Kier molecular flexibility index (Phi) is 4.94. The van der Waals surface area contributed by atoms with Crippen molar-refractivity contribution in [3.63, 3.8) is 0 Å². The van der Waals surface area contributed by atoms with Crippen LogP contribution in [0.25, 0.3) is 11.0 Å². The number of aryl methyl sites for hydroxylation is 1. The Bertz CT molecular complexity index is 737. The van der Waals surface area contributed by atoms with Crippen molar-refractivity contribution in [1.82, 2.24) is 9.55 Å². The van der Waals surface area contributed by atoms with Crippen molar-refractivity contribution in [2.75, 3.05) is 12.1 Å². The molecule has 0 aliphatic carbocycles. The molecule has 0 N–H and O–H groups in total. The maximum atomic E-state index is 11.9. The summed E-state index contributed by atoms with van der Waals surface area (Å²) >= 11 is 5.86. The Labute approximate surface area is 131 Å².